The van der Waals surface area contributed by atoms with Gasteiger partial charge in [-0.1, -0.05) is 25.0 Å². The summed E-state index contributed by atoms with van der Waals surface area (Å²) in [5, 5.41) is 16.1. The average Bonchev–Trinajstić information content (AvgIpc) is 2.84. The Morgan fingerprint density at radius 3 is 2.90 bits per heavy atom. The van der Waals surface area contributed by atoms with Gasteiger partial charge in [0, 0.05) is 13.1 Å². The molecule has 7 heteroatoms. The Morgan fingerprint density at radius 1 is 1.50 bits per heavy atom. The number of amides is 1. The van der Waals surface area contributed by atoms with Crippen LogP contribution in [0.4, 0.5) is 0 Å². The van der Waals surface area contributed by atoms with Crippen molar-refractivity contribution in [2.75, 3.05) is 7.05 Å². The lowest BCUT2D eigenvalue weighted by Gasteiger charge is -2.33. The van der Waals surface area contributed by atoms with Crippen molar-refractivity contribution in [1.82, 2.24) is 19.9 Å². The zero-order valence-electron chi connectivity index (χ0n) is 11.8. The number of aliphatic carboxylic acids is 1. The smallest absolute Gasteiger partial charge is 0.325 e. The summed E-state index contributed by atoms with van der Waals surface area (Å²) >= 11 is 0. The second-order valence-corrected chi connectivity index (χ2v) is 5.54. The molecule has 0 bridgehead atoms. The van der Waals surface area contributed by atoms with Gasteiger partial charge in [0.15, 0.2) is 5.69 Å². The van der Waals surface area contributed by atoms with Crippen molar-refractivity contribution in [3.8, 4) is 0 Å². The molecule has 20 heavy (non-hydrogen) atoms. The zero-order valence-corrected chi connectivity index (χ0v) is 11.8. The van der Waals surface area contributed by atoms with E-state index in [9.17, 15) is 9.59 Å². The molecule has 1 aliphatic carbocycles. The molecule has 0 radical (unpaired) electrons. The molecule has 0 saturated heterocycles. The monoisotopic (exact) mass is 280 g/mol. The molecule has 1 saturated carbocycles. The summed E-state index contributed by atoms with van der Waals surface area (Å²) in [4.78, 5) is 24.6. The first kappa shape index (κ1) is 14.5. The number of nitrogens with zero attached hydrogens (tertiary/aromatic N) is 4. The molecular weight excluding hydrogens is 260 g/mol. The predicted octanol–water partition coefficient (Wildman–Crippen LogP) is 1.01. The van der Waals surface area contributed by atoms with Gasteiger partial charge in [0.05, 0.1) is 6.20 Å². The van der Waals surface area contributed by atoms with Gasteiger partial charge in [-0.2, -0.15) is 0 Å². The molecule has 1 heterocycles. The van der Waals surface area contributed by atoms with Gasteiger partial charge in [0.2, 0.25) is 0 Å². The topological polar surface area (TPSA) is 88.3 Å². The van der Waals surface area contributed by atoms with Crippen LogP contribution in [0.15, 0.2) is 6.20 Å². The van der Waals surface area contributed by atoms with Crippen molar-refractivity contribution in [1.29, 1.82) is 0 Å². The van der Waals surface area contributed by atoms with Crippen LogP contribution in [0.1, 0.15) is 43.1 Å². The molecule has 1 aromatic heterocycles. The van der Waals surface area contributed by atoms with E-state index in [0.717, 1.165) is 23.9 Å². The number of hydrogen-bond acceptors (Lipinski definition) is 4. The van der Waals surface area contributed by atoms with E-state index in [1.54, 1.807) is 11.9 Å². The van der Waals surface area contributed by atoms with Gasteiger partial charge < -0.3 is 10.0 Å². The Morgan fingerprint density at radius 2 is 2.25 bits per heavy atom. The Labute approximate surface area is 117 Å². The van der Waals surface area contributed by atoms with Crippen molar-refractivity contribution in [2.45, 2.75) is 45.2 Å². The van der Waals surface area contributed by atoms with Crippen LogP contribution in [-0.2, 0) is 11.3 Å². The van der Waals surface area contributed by atoms with Crippen LogP contribution < -0.4 is 0 Å². The highest BCUT2D eigenvalue weighted by Crippen LogP contribution is 2.27. The SMILES string of the molecule is CC1CCCC(N(C)C(=O)c2cn(CC(=O)O)nn2)C1. The summed E-state index contributed by atoms with van der Waals surface area (Å²) in [5.41, 5.74) is 0.201. The minimum absolute atomic E-state index is 0.194. The van der Waals surface area contributed by atoms with Crippen LogP contribution in [-0.4, -0.2) is 50.0 Å². The summed E-state index contributed by atoms with van der Waals surface area (Å²) in [6, 6.07) is 0.232. The lowest BCUT2D eigenvalue weighted by Crippen LogP contribution is -2.40. The molecule has 7 nitrogen and oxygen atoms in total. The molecule has 1 fully saturated rings. The van der Waals surface area contributed by atoms with Crippen molar-refractivity contribution >= 4 is 11.9 Å². The summed E-state index contributed by atoms with van der Waals surface area (Å²) in [7, 11) is 1.78. The summed E-state index contributed by atoms with van der Waals surface area (Å²) < 4.78 is 1.16. The van der Waals surface area contributed by atoms with Crippen LogP contribution in [0.3, 0.4) is 0 Å². The molecule has 1 amide bonds. The van der Waals surface area contributed by atoms with Gasteiger partial charge in [-0.15, -0.1) is 5.10 Å². The summed E-state index contributed by atoms with van der Waals surface area (Å²) in [6.07, 6.45) is 5.75. The third-order valence-corrected chi connectivity index (χ3v) is 3.83. The largest absolute Gasteiger partial charge is 0.480 e. The number of carboxylic acids is 1. The van der Waals surface area contributed by atoms with Crippen molar-refractivity contribution in [2.24, 2.45) is 5.92 Å². The molecule has 1 N–H and O–H groups in total. The van der Waals surface area contributed by atoms with E-state index in [-0.39, 0.29) is 24.2 Å². The van der Waals surface area contributed by atoms with Crippen LogP contribution in [0.2, 0.25) is 0 Å². The van der Waals surface area contributed by atoms with Gasteiger partial charge in [-0.05, 0) is 18.8 Å². The maximum absolute atomic E-state index is 12.3. The molecule has 0 spiro atoms. The molecule has 110 valence electrons. The fourth-order valence-electron chi connectivity index (χ4n) is 2.71. The molecule has 1 aromatic rings. The molecule has 2 atom stereocenters. The van der Waals surface area contributed by atoms with E-state index in [2.05, 4.69) is 17.2 Å². The van der Waals surface area contributed by atoms with Crippen LogP contribution >= 0.6 is 0 Å². The second kappa shape index (κ2) is 6.02. The van der Waals surface area contributed by atoms with E-state index in [1.165, 1.54) is 12.6 Å². The van der Waals surface area contributed by atoms with E-state index in [4.69, 9.17) is 5.11 Å². The molecular formula is C13H20N4O3. The minimum Gasteiger partial charge on any atom is -0.480 e. The Bertz CT molecular complexity index is 500. The van der Waals surface area contributed by atoms with Gasteiger partial charge >= 0.3 is 5.97 Å². The number of carbonyl (C=O) groups excluding carboxylic acids is 1. The van der Waals surface area contributed by atoms with E-state index in [1.807, 2.05) is 0 Å². The van der Waals surface area contributed by atoms with Crippen LogP contribution in [0, 0.1) is 5.92 Å². The van der Waals surface area contributed by atoms with Crippen LogP contribution in [0.5, 0.6) is 0 Å². The Kier molecular flexibility index (Phi) is 4.36. The molecule has 2 unspecified atom stereocenters. The first-order valence-electron chi connectivity index (χ1n) is 6.86. The van der Waals surface area contributed by atoms with Crippen molar-refractivity contribution in [3.63, 3.8) is 0 Å². The predicted molar refractivity (Wildman–Crippen MR) is 71.2 cm³/mol. The molecule has 2 rings (SSSR count). The van der Waals surface area contributed by atoms with Crippen molar-refractivity contribution < 1.29 is 14.7 Å². The normalized spacial score (nSPS) is 22.5. The lowest BCUT2D eigenvalue weighted by atomic mass is 9.86. The highest BCUT2D eigenvalue weighted by atomic mass is 16.4. The quantitative estimate of drug-likeness (QED) is 0.889. The molecule has 1 aliphatic rings. The highest BCUT2D eigenvalue weighted by molar-refractivity contribution is 5.92. The van der Waals surface area contributed by atoms with E-state index >= 15 is 0 Å². The highest BCUT2D eigenvalue weighted by Gasteiger charge is 2.27. The van der Waals surface area contributed by atoms with E-state index < -0.39 is 5.97 Å². The lowest BCUT2D eigenvalue weighted by molar-refractivity contribution is -0.137. The van der Waals surface area contributed by atoms with Gasteiger partial charge in [0.25, 0.3) is 5.91 Å². The van der Waals surface area contributed by atoms with Gasteiger partial charge in [-0.3, -0.25) is 9.59 Å². The summed E-state index contributed by atoms with van der Waals surface area (Å²) in [6.45, 7) is 1.91. The first-order chi connectivity index (χ1) is 9.47. The Balaban J connectivity index is 2.02. The average molecular weight is 280 g/mol. The third-order valence-electron chi connectivity index (χ3n) is 3.83. The van der Waals surface area contributed by atoms with Gasteiger partial charge in [0.1, 0.15) is 6.54 Å². The fourth-order valence-corrected chi connectivity index (χ4v) is 2.71. The number of rotatable bonds is 4. The number of hydrogen-bond donors (Lipinski definition) is 1. The number of aromatic nitrogens is 3. The van der Waals surface area contributed by atoms with Crippen LogP contribution in [0.25, 0.3) is 0 Å². The third kappa shape index (κ3) is 3.34. The van der Waals surface area contributed by atoms with Crippen molar-refractivity contribution in [3.05, 3.63) is 11.9 Å². The van der Waals surface area contributed by atoms with Gasteiger partial charge in [-0.25, -0.2) is 4.68 Å². The number of carbonyl (C=O) groups is 2. The minimum atomic E-state index is -1.01. The first-order valence-corrected chi connectivity index (χ1v) is 6.86. The molecule has 0 aromatic carbocycles. The second-order valence-electron chi connectivity index (χ2n) is 5.54. The number of carboxylic acid groups (broad SMARTS) is 1. The maximum Gasteiger partial charge on any atom is 0.325 e. The molecule has 0 aliphatic heterocycles. The standard InChI is InChI=1S/C13H20N4O3/c1-9-4-3-5-10(6-9)16(2)13(20)11-7-17(15-14-11)8-12(18)19/h7,9-10H,3-6,8H2,1-2H3,(H,18,19). The fraction of sp³-hybridized carbons (Fsp3) is 0.692. The summed E-state index contributed by atoms with van der Waals surface area (Å²) in [5.74, 6) is -0.573. The zero-order chi connectivity index (χ0) is 14.7. The van der Waals surface area contributed by atoms with E-state index in [0.29, 0.717) is 5.92 Å². The maximum atomic E-state index is 12.3. The Hall–Kier alpha value is -1.92.